The topological polar surface area (TPSA) is 44.3 Å². The van der Waals surface area contributed by atoms with Gasteiger partial charge in [-0.05, 0) is 69.5 Å². The van der Waals surface area contributed by atoms with E-state index in [4.69, 9.17) is 4.98 Å². The first kappa shape index (κ1) is 19.1. The molecule has 1 aromatic heterocycles. The summed E-state index contributed by atoms with van der Waals surface area (Å²) in [6.45, 7) is 6.81. The third-order valence-electron chi connectivity index (χ3n) is 5.71. The van der Waals surface area contributed by atoms with Crippen molar-refractivity contribution in [1.29, 1.82) is 0 Å². The Morgan fingerprint density at radius 2 is 1.86 bits per heavy atom. The minimum Gasteiger partial charge on any atom is -0.352 e. The second kappa shape index (κ2) is 8.86. The van der Waals surface area contributed by atoms with Crippen molar-refractivity contribution in [3.63, 3.8) is 0 Å². The summed E-state index contributed by atoms with van der Waals surface area (Å²) in [6, 6.07) is 9.02. The molecule has 1 unspecified atom stereocenters. The Hall–Kier alpha value is -2.21. The van der Waals surface area contributed by atoms with Gasteiger partial charge in [0.1, 0.15) is 11.6 Å². The first-order chi connectivity index (χ1) is 13.7. The highest BCUT2D eigenvalue weighted by Gasteiger charge is 2.29. The Labute approximate surface area is 167 Å². The summed E-state index contributed by atoms with van der Waals surface area (Å²) in [5.41, 5.74) is 1.86. The third kappa shape index (κ3) is 4.61. The number of aryl methyl sites for hydroxylation is 1. The molecule has 1 aromatic carbocycles. The molecule has 2 fully saturated rings. The van der Waals surface area contributed by atoms with E-state index in [0.29, 0.717) is 12.0 Å². The second-order valence-electron chi connectivity index (χ2n) is 7.92. The number of anilines is 3. The zero-order chi connectivity index (χ0) is 19.3. The molecule has 3 heterocycles. The minimum absolute atomic E-state index is 0.242. The largest absolute Gasteiger partial charge is 0.352 e. The van der Waals surface area contributed by atoms with Gasteiger partial charge in [0.05, 0.1) is 0 Å². The molecule has 0 bridgehead atoms. The first-order valence-corrected chi connectivity index (χ1v) is 10.6. The van der Waals surface area contributed by atoms with Gasteiger partial charge in [0.15, 0.2) is 0 Å². The predicted molar refractivity (Wildman–Crippen MR) is 112 cm³/mol. The molecule has 2 aliphatic rings. The molecule has 2 aromatic rings. The summed E-state index contributed by atoms with van der Waals surface area (Å²) in [6.07, 6.45) is 7.07. The van der Waals surface area contributed by atoms with Gasteiger partial charge in [0.2, 0.25) is 5.95 Å². The van der Waals surface area contributed by atoms with E-state index in [9.17, 15) is 4.39 Å². The molecular formula is C22H30FN5. The van der Waals surface area contributed by atoms with Crippen molar-refractivity contribution >= 4 is 17.5 Å². The lowest BCUT2D eigenvalue weighted by molar-refractivity contribution is 0.313. The summed E-state index contributed by atoms with van der Waals surface area (Å²) in [5, 5.41) is 3.26. The fourth-order valence-corrected chi connectivity index (χ4v) is 4.32. The summed E-state index contributed by atoms with van der Waals surface area (Å²) >= 11 is 0. The summed E-state index contributed by atoms with van der Waals surface area (Å²) in [7, 11) is 0. The van der Waals surface area contributed by atoms with Crippen molar-refractivity contribution in [2.75, 3.05) is 36.4 Å². The number of nitrogens with zero attached hydrogens (tertiary/aromatic N) is 4. The molecule has 0 amide bonds. The van der Waals surface area contributed by atoms with Crippen LogP contribution < -0.4 is 10.2 Å². The summed E-state index contributed by atoms with van der Waals surface area (Å²) in [5.74, 6) is 1.37. The highest BCUT2D eigenvalue weighted by molar-refractivity contribution is 5.56. The maximum atomic E-state index is 13.2. The number of benzene rings is 1. The lowest BCUT2D eigenvalue weighted by Gasteiger charge is -2.29. The van der Waals surface area contributed by atoms with Crippen molar-refractivity contribution in [3.8, 4) is 0 Å². The quantitative estimate of drug-likeness (QED) is 0.769. The smallest absolute Gasteiger partial charge is 0.229 e. The maximum Gasteiger partial charge on any atom is 0.229 e. The van der Waals surface area contributed by atoms with Crippen LogP contribution in [-0.4, -0.2) is 47.1 Å². The number of aromatic nitrogens is 2. The number of likely N-dealkylation sites (tertiary alicyclic amines) is 1. The van der Waals surface area contributed by atoms with E-state index >= 15 is 0 Å². The van der Waals surface area contributed by atoms with Crippen LogP contribution in [0.5, 0.6) is 0 Å². The number of nitrogens with one attached hydrogen (secondary N) is 1. The monoisotopic (exact) mass is 383 g/mol. The van der Waals surface area contributed by atoms with E-state index in [2.05, 4.69) is 33.1 Å². The average Bonchev–Trinajstić information content (AvgIpc) is 3.36. The van der Waals surface area contributed by atoms with Crippen LogP contribution in [-0.2, 0) is 6.42 Å². The molecule has 2 aliphatic heterocycles. The number of hydrogen-bond acceptors (Lipinski definition) is 5. The van der Waals surface area contributed by atoms with Gasteiger partial charge < -0.3 is 15.1 Å². The van der Waals surface area contributed by atoms with Crippen LogP contribution in [0.2, 0.25) is 0 Å². The number of halogens is 1. The van der Waals surface area contributed by atoms with Gasteiger partial charge in [-0.1, -0.05) is 13.3 Å². The van der Waals surface area contributed by atoms with E-state index < -0.39 is 0 Å². The van der Waals surface area contributed by atoms with E-state index in [0.717, 1.165) is 43.1 Å². The molecule has 28 heavy (non-hydrogen) atoms. The standard InChI is InChI=1S/C22H30FN5/c1-2-6-19-15-21(26-22(25-19)24-18-10-8-17(23)9-11-18)28-14-5-7-20(28)16-27-12-3-4-13-27/h8-11,15,20H,2-7,12-14,16H2,1H3,(H,24,25,26). The van der Waals surface area contributed by atoms with Gasteiger partial charge in [-0.2, -0.15) is 4.98 Å². The van der Waals surface area contributed by atoms with Crippen LogP contribution >= 0.6 is 0 Å². The highest BCUT2D eigenvalue weighted by atomic mass is 19.1. The Morgan fingerprint density at radius 3 is 2.61 bits per heavy atom. The summed E-state index contributed by atoms with van der Waals surface area (Å²) < 4.78 is 13.2. The second-order valence-corrected chi connectivity index (χ2v) is 7.92. The molecule has 0 saturated carbocycles. The zero-order valence-corrected chi connectivity index (χ0v) is 16.7. The molecule has 2 saturated heterocycles. The minimum atomic E-state index is -0.242. The molecule has 1 N–H and O–H groups in total. The molecule has 0 radical (unpaired) electrons. The van der Waals surface area contributed by atoms with Crippen LogP contribution in [0.3, 0.4) is 0 Å². The van der Waals surface area contributed by atoms with E-state index in [1.807, 2.05) is 0 Å². The van der Waals surface area contributed by atoms with Crippen LogP contribution in [0.1, 0.15) is 44.7 Å². The number of hydrogen-bond donors (Lipinski definition) is 1. The molecule has 1 atom stereocenters. The van der Waals surface area contributed by atoms with Crippen molar-refractivity contribution in [2.24, 2.45) is 0 Å². The van der Waals surface area contributed by atoms with Crippen molar-refractivity contribution < 1.29 is 4.39 Å². The van der Waals surface area contributed by atoms with Gasteiger partial charge in [-0.25, -0.2) is 9.37 Å². The normalized spacial score (nSPS) is 20.1. The highest BCUT2D eigenvalue weighted by Crippen LogP contribution is 2.28. The van der Waals surface area contributed by atoms with Crippen LogP contribution in [0.4, 0.5) is 21.8 Å². The van der Waals surface area contributed by atoms with Gasteiger partial charge >= 0.3 is 0 Å². The molecule has 5 nitrogen and oxygen atoms in total. The van der Waals surface area contributed by atoms with E-state index in [1.54, 1.807) is 12.1 Å². The van der Waals surface area contributed by atoms with Gasteiger partial charge in [-0.15, -0.1) is 0 Å². The van der Waals surface area contributed by atoms with E-state index in [-0.39, 0.29) is 5.82 Å². The SMILES string of the molecule is CCCc1cc(N2CCCC2CN2CCCC2)nc(Nc2ccc(F)cc2)n1. The third-order valence-corrected chi connectivity index (χ3v) is 5.71. The van der Waals surface area contributed by atoms with Gasteiger partial charge in [0.25, 0.3) is 0 Å². The van der Waals surface area contributed by atoms with Gasteiger partial charge in [0, 0.05) is 36.6 Å². The van der Waals surface area contributed by atoms with Crippen molar-refractivity contribution in [1.82, 2.24) is 14.9 Å². The Bertz CT molecular complexity index is 773. The van der Waals surface area contributed by atoms with Crippen molar-refractivity contribution in [2.45, 2.75) is 51.5 Å². The Balaban J connectivity index is 1.56. The zero-order valence-electron chi connectivity index (χ0n) is 16.7. The Morgan fingerprint density at radius 1 is 1.07 bits per heavy atom. The maximum absolute atomic E-state index is 13.2. The Kier molecular flexibility index (Phi) is 6.05. The lowest BCUT2D eigenvalue weighted by Crippen LogP contribution is -2.39. The van der Waals surface area contributed by atoms with Crippen LogP contribution in [0.25, 0.3) is 0 Å². The molecule has 150 valence electrons. The van der Waals surface area contributed by atoms with Crippen LogP contribution in [0.15, 0.2) is 30.3 Å². The molecule has 0 spiro atoms. The van der Waals surface area contributed by atoms with Crippen molar-refractivity contribution in [3.05, 3.63) is 41.8 Å². The summed E-state index contributed by atoms with van der Waals surface area (Å²) in [4.78, 5) is 14.6. The van der Waals surface area contributed by atoms with Gasteiger partial charge in [-0.3, -0.25) is 0 Å². The number of rotatable bonds is 7. The fraction of sp³-hybridized carbons (Fsp3) is 0.545. The molecular weight excluding hydrogens is 353 g/mol. The first-order valence-electron chi connectivity index (χ1n) is 10.6. The predicted octanol–water partition coefficient (Wildman–Crippen LogP) is 4.38. The molecule has 0 aliphatic carbocycles. The lowest BCUT2D eigenvalue weighted by atomic mass is 10.2. The van der Waals surface area contributed by atoms with E-state index in [1.165, 1.54) is 50.9 Å². The molecule has 6 heteroatoms. The van der Waals surface area contributed by atoms with Crippen LogP contribution in [0, 0.1) is 5.82 Å². The average molecular weight is 384 g/mol. The fourth-order valence-electron chi connectivity index (χ4n) is 4.32. The molecule has 4 rings (SSSR count).